The molecular weight excluding hydrogens is 365 g/mol. The number of benzene rings is 1. The van der Waals surface area contributed by atoms with E-state index in [1.54, 1.807) is 20.8 Å². The van der Waals surface area contributed by atoms with Crippen LogP contribution in [0.5, 0.6) is 0 Å². The molecule has 0 bridgehead atoms. The summed E-state index contributed by atoms with van der Waals surface area (Å²) in [7, 11) is 0. The van der Waals surface area contributed by atoms with Crippen LogP contribution in [0.3, 0.4) is 0 Å². The highest BCUT2D eigenvalue weighted by Crippen LogP contribution is 2.35. The topological polar surface area (TPSA) is 108 Å². The maximum absolute atomic E-state index is 13.1. The van der Waals surface area contributed by atoms with Crippen molar-refractivity contribution >= 4 is 17.7 Å². The van der Waals surface area contributed by atoms with E-state index >= 15 is 0 Å². The van der Waals surface area contributed by atoms with Gasteiger partial charge in [-0.05, 0) is 51.8 Å². The number of amides is 2. The number of hydrogen-bond acceptors (Lipinski definition) is 4. The summed E-state index contributed by atoms with van der Waals surface area (Å²) in [5.74, 6) is 4.31. The highest BCUT2D eigenvalue weighted by atomic mass is 19.4. The van der Waals surface area contributed by atoms with Gasteiger partial charge in [0.1, 0.15) is 0 Å². The van der Waals surface area contributed by atoms with Gasteiger partial charge >= 0.3 is 12.3 Å². The van der Waals surface area contributed by atoms with Crippen molar-refractivity contribution < 1.29 is 27.9 Å². The molecule has 1 aromatic rings. The summed E-state index contributed by atoms with van der Waals surface area (Å²) in [4.78, 5) is 24.1. The van der Waals surface area contributed by atoms with E-state index < -0.39 is 29.3 Å². The van der Waals surface area contributed by atoms with Crippen LogP contribution in [0.4, 0.5) is 23.7 Å². The standard InChI is InChI=1S/C17H25F3N4O3/c1-16(2,3)24(15(26)27)9-5-4-8-22-13-10-11(14(25)23-21)6-7-12(13)17(18,19)20/h6-7,10,22H,4-5,8-9,21H2,1-3H3,(H,23,25)(H,26,27). The fourth-order valence-electron chi connectivity index (χ4n) is 2.50. The molecule has 0 heterocycles. The number of rotatable bonds is 7. The van der Waals surface area contributed by atoms with Gasteiger partial charge in [0, 0.05) is 29.9 Å². The Labute approximate surface area is 155 Å². The minimum absolute atomic E-state index is 0.00205. The Balaban J connectivity index is 2.75. The molecule has 5 N–H and O–H groups in total. The van der Waals surface area contributed by atoms with Crippen molar-refractivity contribution in [3.63, 3.8) is 0 Å². The first kappa shape index (κ1) is 22.6. The smallest absolute Gasteiger partial charge is 0.418 e. The van der Waals surface area contributed by atoms with E-state index in [0.717, 1.165) is 18.2 Å². The van der Waals surface area contributed by atoms with E-state index in [1.165, 1.54) is 4.90 Å². The van der Waals surface area contributed by atoms with E-state index in [4.69, 9.17) is 5.84 Å². The molecule has 0 aliphatic rings. The van der Waals surface area contributed by atoms with E-state index in [9.17, 15) is 27.9 Å². The number of halogens is 3. The number of anilines is 1. The lowest BCUT2D eigenvalue weighted by atomic mass is 10.1. The number of carbonyl (C=O) groups is 2. The summed E-state index contributed by atoms with van der Waals surface area (Å²) in [5.41, 5.74) is 0.188. The summed E-state index contributed by atoms with van der Waals surface area (Å²) in [6, 6.07) is 2.95. The van der Waals surface area contributed by atoms with Crippen LogP contribution in [0.2, 0.25) is 0 Å². The maximum atomic E-state index is 13.1. The van der Waals surface area contributed by atoms with Crippen LogP contribution < -0.4 is 16.6 Å². The molecular formula is C17H25F3N4O3. The molecule has 1 aromatic carbocycles. The number of unbranched alkanes of at least 4 members (excludes halogenated alkanes) is 1. The van der Waals surface area contributed by atoms with Gasteiger partial charge in [-0.25, -0.2) is 10.6 Å². The third-order valence-corrected chi connectivity index (χ3v) is 3.88. The lowest BCUT2D eigenvalue weighted by Crippen LogP contribution is -2.45. The second-order valence-corrected chi connectivity index (χ2v) is 6.97. The second-order valence-electron chi connectivity index (χ2n) is 6.97. The molecule has 0 radical (unpaired) electrons. The van der Waals surface area contributed by atoms with Gasteiger partial charge in [0.25, 0.3) is 5.91 Å². The van der Waals surface area contributed by atoms with Crippen molar-refractivity contribution in [2.24, 2.45) is 5.84 Å². The minimum Gasteiger partial charge on any atom is -0.465 e. The van der Waals surface area contributed by atoms with E-state index in [0.29, 0.717) is 12.8 Å². The Bertz CT molecular complexity index is 672. The first-order chi connectivity index (χ1) is 12.4. The number of nitrogens with one attached hydrogen (secondary N) is 2. The molecule has 0 fully saturated rings. The Morgan fingerprint density at radius 3 is 2.30 bits per heavy atom. The third-order valence-electron chi connectivity index (χ3n) is 3.88. The summed E-state index contributed by atoms with van der Waals surface area (Å²) in [5, 5.41) is 11.9. The van der Waals surface area contributed by atoms with Crippen LogP contribution in [-0.4, -0.2) is 40.6 Å². The molecule has 0 aromatic heterocycles. The average molecular weight is 390 g/mol. The summed E-state index contributed by atoms with van der Waals surface area (Å²) in [6.07, 6.45) is -4.70. The summed E-state index contributed by atoms with van der Waals surface area (Å²) >= 11 is 0. The lowest BCUT2D eigenvalue weighted by Gasteiger charge is -2.33. The number of hydrazine groups is 1. The molecule has 152 valence electrons. The number of nitrogens with two attached hydrogens (primary N) is 1. The zero-order valence-electron chi connectivity index (χ0n) is 15.5. The molecule has 0 unspecified atom stereocenters. The molecule has 2 amide bonds. The van der Waals surface area contributed by atoms with Crippen LogP contribution in [0.1, 0.15) is 49.5 Å². The number of carboxylic acid groups (broad SMARTS) is 1. The zero-order valence-corrected chi connectivity index (χ0v) is 15.5. The number of nitrogens with zero attached hydrogens (tertiary/aromatic N) is 1. The van der Waals surface area contributed by atoms with Gasteiger partial charge in [0.15, 0.2) is 0 Å². The van der Waals surface area contributed by atoms with Crippen LogP contribution in [-0.2, 0) is 6.18 Å². The van der Waals surface area contributed by atoms with Crippen molar-refractivity contribution in [3.8, 4) is 0 Å². The van der Waals surface area contributed by atoms with E-state index in [1.807, 2.05) is 5.43 Å². The Morgan fingerprint density at radius 1 is 1.19 bits per heavy atom. The van der Waals surface area contributed by atoms with Gasteiger partial charge in [0.05, 0.1) is 5.56 Å². The first-order valence-corrected chi connectivity index (χ1v) is 8.34. The van der Waals surface area contributed by atoms with Crippen molar-refractivity contribution in [1.29, 1.82) is 0 Å². The van der Waals surface area contributed by atoms with Crippen molar-refractivity contribution in [2.75, 3.05) is 18.4 Å². The quantitative estimate of drug-likeness (QED) is 0.247. The van der Waals surface area contributed by atoms with Crippen LogP contribution in [0, 0.1) is 0 Å². The van der Waals surface area contributed by atoms with Gasteiger partial charge in [-0.2, -0.15) is 13.2 Å². The van der Waals surface area contributed by atoms with E-state index in [-0.39, 0.29) is 24.3 Å². The zero-order chi connectivity index (χ0) is 20.8. The molecule has 0 saturated heterocycles. The Kier molecular flexibility index (Phi) is 7.46. The van der Waals surface area contributed by atoms with Crippen molar-refractivity contribution in [1.82, 2.24) is 10.3 Å². The van der Waals surface area contributed by atoms with Crippen LogP contribution in [0.25, 0.3) is 0 Å². The van der Waals surface area contributed by atoms with Gasteiger partial charge in [-0.3, -0.25) is 10.2 Å². The monoisotopic (exact) mass is 390 g/mol. The normalized spacial score (nSPS) is 11.8. The molecule has 0 saturated carbocycles. The SMILES string of the molecule is CC(C)(C)N(CCCCNc1cc(C(=O)NN)ccc1C(F)(F)F)C(=O)O. The fourth-order valence-corrected chi connectivity index (χ4v) is 2.50. The molecule has 7 nitrogen and oxygen atoms in total. The van der Waals surface area contributed by atoms with Crippen molar-refractivity contribution in [2.45, 2.75) is 45.3 Å². The van der Waals surface area contributed by atoms with Gasteiger partial charge in [0.2, 0.25) is 0 Å². The molecule has 0 aliphatic heterocycles. The molecule has 27 heavy (non-hydrogen) atoms. The minimum atomic E-state index is -4.58. The largest absolute Gasteiger partial charge is 0.465 e. The lowest BCUT2D eigenvalue weighted by molar-refractivity contribution is -0.137. The maximum Gasteiger partial charge on any atom is 0.418 e. The fraction of sp³-hybridized carbons (Fsp3) is 0.529. The van der Waals surface area contributed by atoms with Crippen molar-refractivity contribution in [3.05, 3.63) is 29.3 Å². The highest BCUT2D eigenvalue weighted by Gasteiger charge is 2.33. The molecule has 0 spiro atoms. The molecule has 0 aliphatic carbocycles. The predicted molar refractivity (Wildman–Crippen MR) is 95.3 cm³/mol. The Hall–Kier alpha value is -2.49. The molecule has 1 rings (SSSR count). The van der Waals surface area contributed by atoms with Gasteiger partial charge < -0.3 is 15.3 Å². The summed E-state index contributed by atoms with van der Waals surface area (Å²) in [6.45, 7) is 5.76. The Morgan fingerprint density at radius 2 is 1.81 bits per heavy atom. The van der Waals surface area contributed by atoms with Crippen LogP contribution >= 0.6 is 0 Å². The number of carbonyl (C=O) groups excluding carboxylic acids is 1. The average Bonchev–Trinajstić information content (AvgIpc) is 2.54. The molecule has 10 heteroatoms. The third kappa shape index (κ3) is 6.63. The van der Waals surface area contributed by atoms with Crippen LogP contribution in [0.15, 0.2) is 18.2 Å². The first-order valence-electron chi connectivity index (χ1n) is 8.34. The van der Waals surface area contributed by atoms with Gasteiger partial charge in [-0.1, -0.05) is 0 Å². The van der Waals surface area contributed by atoms with E-state index in [2.05, 4.69) is 5.32 Å². The number of nitrogen functional groups attached to an aromatic ring is 1. The number of alkyl halides is 3. The van der Waals surface area contributed by atoms with Gasteiger partial charge in [-0.15, -0.1) is 0 Å². The number of hydrogen-bond donors (Lipinski definition) is 4. The molecule has 0 atom stereocenters. The summed E-state index contributed by atoms with van der Waals surface area (Å²) < 4.78 is 39.4. The second kappa shape index (κ2) is 8.94. The predicted octanol–water partition coefficient (Wildman–Crippen LogP) is 3.28. The highest BCUT2D eigenvalue weighted by molar-refractivity contribution is 5.95.